The summed E-state index contributed by atoms with van der Waals surface area (Å²) in [4.78, 5) is 4.50. The number of aromatic nitrogens is 2. The van der Waals surface area contributed by atoms with Gasteiger partial charge in [-0.3, -0.25) is 0 Å². The van der Waals surface area contributed by atoms with Gasteiger partial charge in [0.15, 0.2) is 0 Å². The highest BCUT2D eigenvalue weighted by Crippen LogP contribution is 2.32. The second-order valence-corrected chi connectivity index (χ2v) is 15.9. The van der Waals surface area contributed by atoms with Crippen LogP contribution in [0.3, 0.4) is 0 Å². The summed E-state index contributed by atoms with van der Waals surface area (Å²) >= 11 is 0. The van der Waals surface area contributed by atoms with Crippen molar-refractivity contribution in [2.45, 2.75) is 238 Å². The number of hydrogen-bond acceptors (Lipinski definition) is 1. The highest BCUT2D eigenvalue weighted by Gasteiger charge is 2.23. The molecule has 2 rings (SSSR count). The van der Waals surface area contributed by atoms with Crippen molar-refractivity contribution in [1.29, 1.82) is 0 Å². The molecule has 0 spiro atoms. The Labute approximate surface area is 307 Å². The maximum atomic E-state index is 4.50. The summed E-state index contributed by atoms with van der Waals surface area (Å²) in [6.07, 6.45) is 54.7. The number of imidazole rings is 1. The molecule has 1 aromatic carbocycles. The van der Waals surface area contributed by atoms with Crippen molar-refractivity contribution in [3.05, 3.63) is 54.6 Å². The van der Waals surface area contributed by atoms with Gasteiger partial charge in [-0.25, -0.2) is 4.98 Å². The number of benzene rings is 1. The SMILES string of the molecule is CCCCCCCCCCCCCCCCCCCC(Cc1ccccc1)C(CCCCCCCCCCCCCCCC)n1ccnc1. The lowest BCUT2D eigenvalue weighted by Crippen LogP contribution is -2.21. The number of rotatable bonds is 37. The minimum atomic E-state index is 0.570. The number of nitrogens with zero attached hydrogens (tertiary/aromatic N) is 2. The van der Waals surface area contributed by atoms with E-state index < -0.39 is 0 Å². The van der Waals surface area contributed by atoms with Crippen LogP contribution in [0.5, 0.6) is 0 Å². The molecule has 1 heterocycles. The highest BCUT2D eigenvalue weighted by molar-refractivity contribution is 5.15. The molecule has 0 N–H and O–H groups in total. The third-order valence-corrected chi connectivity index (χ3v) is 11.3. The number of hydrogen-bond donors (Lipinski definition) is 0. The van der Waals surface area contributed by atoms with Crippen molar-refractivity contribution in [3.8, 4) is 0 Å². The van der Waals surface area contributed by atoms with Crippen molar-refractivity contribution in [2.24, 2.45) is 5.92 Å². The summed E-state index contributed by atoms with van der Waals surface area (Å²) in [5, 5.41) is 0. The fraction of sp³-hybridized carbons (Fsp3) is 0.809. The lowest BCUT2D eigenvalue weighted by Gasteiger charge is -2.29. The van der Waals surface area contributed by atoms with Crippen LogP contribution >= 0.6 is 0 Å². The van der Waals surface area contributed by atoms with E-state index in [-0.39, 0.29) is 0 Å². The van der Waals surface area contributed by atoms with Crippen molar-refractivity contribution < 1.29 is 0 Å². The molecule has 49 heavy (non-hydrogen) atoms. The van der Waals surface area contributed by atoms with E-state index in [2.05, 4.69) is 66.3 Å². The van der Waals surface area contributed by atoms with Gasteiger partial charge in [-0.1, -0.05) is 243 Å². The van der Waals surface area contributed by atoms with Gasteiger partial charge in [0.2, 0.25) is 0 Å². The van der Waals surface area contributed by atoms with Crippen LogP contribution in [-0.2, 0) is 6.42 Å². The normalized spacial score (nSPS) is 12.9. The van der Waals surface area contributed by atoms with Gasteiger partial charge in [-0.05, 0) is 30.7 Å². The number of unbranched alkanes of at least 4 members (excludes halogenated alkanes) is 29. The molecule has 2 atom stereocenters. The zero-order valence-corrected chi connectivity index (χ0v) is 33.2. The average molecular weight is 677 g/mol. The Hall–Kier alpha value is -1.57. The molecule has 0 amide bonds. The van der Waals surface area contributed by atoms with Crippen molar-refractivity contribution in [3.63, 3.8) is 0 Å². The summed E-state index contributed by atoms with van der Waals surface area (Å²) in [5.41, 5.74) is 1.51. The van der Waals surface area contributed by atoms with E-state index in [4.69, 9.17) is 0 Å². The van der Waals surface area contributed by atoms with Crippen LogP contribution < -0.4 is 0 Å². The second-order valence-electron chi connectivity index (χ2n) is 15.9. The first-order valence-corrected chi connectivity index (χ1v) is 22.4. The Morgan fingerprint density at radius 3 is 1.18 bits per heavy atom. The minimum absolute atomic E-state index is 0.570. The van der Waals surface area contributed by atoms with Crippen molar-refractivity contribution in [2.75, 3.05) is 0 Å². The first kappa shape index (κ1) is 43.6. The van der Waals surface area contributed by atoms with Crippen LogP contribution in [0, 0.1) is 5.92 Å². The molecule has 0 fully saturated rings. The van der Waals surface area contributed by atoms with Crippen LogP contribution in [-0.4, -0.2) is 9.55 Å². The molecule has 0 saturated carbocycles. The maximum Gasteiger partial charge on any atom is 0.0948 e. The molecular weight excluding hydrogens is 593 g/mol. The molecule has 2 nitrogen and oxygen atoms in total. The molecule has 282 valence electrons. The Morgan fingerprint density at radius 1 is 0.449 bits per heavy atom. The molecule has 0 aliphatic carbocycles. The van der Waals surface area contributed by atoms with E-state index in [9.17, 15) is 0 Å². The van der Waals surface area contributed by atoms with Crippen molar-refractivity contribution >= 4 is 0 Å². The molecule has 1 aromatic heterocycles. The quantitative estimate of drug-likeness (QED) is 0.0651. The Bertz CT molecular complexity index is 890. The van der Waals surface area contributed by atoms with Gasteiger partial charge in [0.25, 0.3) is 0 Å². The van der Waals surface area contributed by atoms with Gasteiger partial charge in [0, 0.05) is 18.4 Å². The molecular formula is C47H84N2. The fourth-order valence-electron chi connectivity index (χ4n) is 8.12. The minimum Gasteiger partial charge on any atom is -0.334 e. The zero-order valence-electron chi connectivity index (χ0n) is 33.2. The van der Waals surface area contributed by atoms with Gasteiger partial charge in [0.1, 0.15) is 0 Å². The highest BCUT2D eigenvalue weighted by atomic mass is 15.1. The molecule has 2 aromatic rings. The van der Waals surface area contributed by atoms with E-state index in [1.165, 1.54) is 224 Å². The fourth-order valence-corrected chi connectivity index (χ4v) is 8.12. The van der Waals surface area contributed by atoms with Gasteiger partial charge in [0.05, 0.1) is 6.33 Å². The van der Waals surface area contributed by atoms with E-state index in [1.807, 2.05) is 6.20 Å². The van der Waals surface area contributed by atoms with Crippen LogP contribution in [0.2, 0.25) is 0 Å². The molecule has 0 aliphatic rings. The van der Waals surface area contributed by atoms with Gasteiger partial charge < -0.3 is 4.57 Å². The first-order chi connectivity index (χ1) is 24.3. The summed E-state index contributed by atoms with van der Waals surface area (Å²) in [6.45, 7) is 4.62. The lowest BCUT2D eigenvalue weighted by atomic mass is 9.84. The van der Waals surface area contributed by atoms with Crippen LogP contribution in [0.1, 0.15) is 237 Å². The summed E-state index contributed by atoms with van der Waals surface area (Å²) in [7, 11) is 0. The summed E-state index contributed by atoms with van der Waals surface area (Å²) < 4.78 is 2.46. The van der Waals surface area contributed by atoms with Gasteiger partial charge >= 0.3 is 0 Å². The lowest BCUT2D eigenvalue weighted by molar-refractivity contribution is 0.275. The summed E-state index contributed by atoms with van der Waals surface area (Å²) in [6, 6.07) is 11.9. The van der Waals surface area contributed by atoms with E-state index >= 15 is 0 Å². The molecule has 0 aliphatic heterocycles. The van der Waals surface area contributed by atoms with Crippen LogP contribution in [0.4, 0.5) is 0 Å². The predicted octanol–water partition coefficient (Wildman–Crippen LogP) is 16.2. The molecule has 2 heteroatoms. The Morgan fingerprint density at radius 2 is 0.816 bits per heavy atom. The standard InChI is InChI=1S/C47H84N2/c1-3-5-7-9-11-13-15-17-19-20-21-22-24-26-28-30-35-39-46(43-45-37-33-32-34-38-45)47(49-42-41-48-44-49)40-36-31-29-27-25-23-18-16-14-12-10-8-6-4-2/h32-34,37-38,41-42,44,46-47H,3-31,35-36,39-40,43H2,1-2H3. The Kier molecular flexibility index (Phi) is 29.9. The molecule has 0 radical (unpaired) electrons. The zero-order chi connectivity index (χ0) is 34.7. The van der Waals surface area contributed by atoms with Gasteiger partial charge in [-0.2, -0.15) is 0 Å². The van der Waals surface area contributed by atoms with E-state index in [0.717, 1.165) is 0 Å². The monoisotopic (exact) mass is 677 g/mol. The molecule has 0 saturated heterocycles. The van der Waals surface area contributed by atoms with E-state index in [1.54, 1.807) is 0 Å². The smallest absolute Gasteiger partial charge is 0.0948 e. The van der Waals surface area contributed by atoms with Crippen LogP contribution in [0.15, 0.2) is 49.1 Å². The van der Waals surface area contributed by atoms with E-state index in [0.29, 0.717) is 12.0 Å². The summed E-state index contributed by atoms with van der Waals surface area (Å²) in [5.74, 6) is 0.690. The average Bonchev–Trinajstić information content (AvgIpc) is 3.66. The van der Waals surface area contributed by atoms with Crippen molar-refractivity contribution in [1.82, 2.24) is 9.55 Å². The first-order valence-electron chi connectivity index (χ1n) is 22.4. The predicted molar refractivity (Wildman–Crippen MR) is 219 cm³/mol. The third kappa shape index (κ3) is 25.1. The topological polar surface area (TPSA) is 17.8 Å². The maximum absolute atomic E-state index is 4.50. The molecule has 0 bridgehead atoms. The molecule has 2 unspecified atom stereocenters. The van der Waals surface area contributed by atoms with Gasteiger partial charge in [-0.15, -0.1) is 0 Å². The third-order valence-electron chi connectivity index (χ3n) is 11.3. The van der Waals surface area contributed by atoms with Crippen LogP contribution in [0.25, 0.3) is 0 Å². The Balaban J connectivity index is 1.61. The largest absolute Gasteiger partial charge is 0.334 e. The second kappa shape index (κ2) is 33.6.